The Balaban J connectivity index is 2.30. The van der Waals surface area contributed by atoms with Gasteiger partial charge in [0.1, 0.15) is 0 Å². The third-order valence-corrected chi connectivity index (χ3v) is 2.65. The smallest absolute Gasteiger partial charge is 0.251 e. The highest BCUT2D eigenvalue weighted by Crippen LogP contribution is 2.08. The summed E-state index contributed by atoms with van der Waals surface area (Å²) in [7, 11) is 3.85. The normalized spacial score (nSPS) is 10.3. The van der Waals surface area contributed by atoms with E-state index in [1.165, 1.54) is 0 Å². The molecular formula is C13H18ClN3O2. The van der Waals surface area contributed by atoms with Crippen molar-refractivity contribution in [2.24, 2.45) is 0 Å². The maximum atomic E-state index is 11.7. The molecule has 0 saturated heterocycles. The molecule has 0 unspecified atom stereocenters. The van der Waals surface area contributed by atoms with E-state index in [-0.39, 0.29) is 18.4 Å². The van der Waals surface area contributed by atoms with Crippen LogP contribution >= 0.6 is 11.6 Å². The molecule has 104 valence electrons. The Morgan fingerprint density at radius 2 is 1.79 bits per heavy atom. The van der Waals surface area contributed by atoms with Gasteiger partial charge in [-0.3, -0.25) is 9.59 Å². The molecule has 2 amide bonds. The van der Waals surface area contributed by atoms with E-state index in [9.17, 15) is 9.59 Å². The van der Waals surface area contributed by atoms with Gasteiger partial charge in [-0.25, -0.2) is 0 Å². The van der Waals surface area contributed by atoms with Crippen molar-refractivity contribution in [2.45, 2.75) is 0 Å². The Morgan fingerprint density at radius 3 is 2.37 bits per heavy atom. The minimum absolute atomic E-state index is 0.0328. The Labute approximate surface area is 117 Å². The first-order chi connectivity index (χ1) is 8.99. The highest BCUT2D eigenvalue weighted by atomic mass is 35.5. The zero-order valence-corrected chi connectivity index (χ0v) is 11.8. The van der Waals surface area contributed by atoms with Crippen LogP contribution in [0.4, 0.5) is 0 Å². The number of amides is 2. The van der Waals surface area contributed by atoms with Crippen molar-refractivity contribution in [3.8, 4) is 0 Å². The first-order valence-corrected chi connectivity index (χ1v) is 6.32. The number of carbonyl (C=O) groups excluding carboxylic acids is 2. The second kappa shape index (κ2) is 7.76. The number of hydrogen-bond donors (Lipinski definition) is 2. The van der Waals surface area contributed by atoms with E-state index >= 15 is 0 Å². The zero-order valence-electron chi connectivity index (χ0n) is 11.1. The summed E-state index contributed by atoms with van der Waals surface area (Å²) in [4.78, 5) is 25.1. The van der Waals surface area contributed by atoms with Gasteiger partial charge in [0.15, 0.2) is 0 Å². The van der Waals surface area contributed by atoms with Gasteiger partial charge in [-0.05, 0) is 38.4 Å². The highest BCUT2D eigenvalue weighted by molar-refractivity contribution is 6.30. The van der Waals surface area contributed by atoms with E-state index in [4.69, 9.17) is 11.6 Å². The first kappa shape index (κ1) is 15.5. The van der Waals surface area contributed by atoms with Crippen molar-refractivity contribution in [3.63, 3.8) is 0 Å². The SMILES string of the molecule is CN(C)CCNC(=O)CNC(=O)c1ccc(Cl)cc1. The monoisotopic (exact) mass is 283 g/mol. The Kier molecular flexibility index (Phi) is 6.32. The van der Waals surface area contributed by atoms with Gasteiger partial charge in [0.05, 0.1) is 6.54 Å². The van der Waals surface area contributed by atoms with Gasteiger partial charge in [-0.15, -0.1) is 0 Å². The van der Waals surface area contributed by atoms with E-state index in [2.05, 4.69) is 10.6 Å². The molecule has 0 atom stereocenters. The molecule has 0 aliphatic heterocycles. The average molecular weight is 284 g/mol. The molecule has 1 aromatic carbocycles. The first-order valence-electron chi connectivity index (χ1n) is 5.94. The molecule has 0 aliphatic rings. The standard InChI is InChI=1S/C13H18ClN3O2/c1-17(2)8-7-15-12(18)9-16-13(19)10-3-5-11(14)6-4-10/h3-6H,7-9H2,1-2H3,(H,15,18)(H,16,19). The van der Waals surface area contributed by atoms with Crippen LogP contribution in [0.15, 0.2) is 24.3 Å². The van der Waals surface area contributed by atoms with Crippen LogP contribution in [0.5, 0.6) is 0 Å². The third kappa shape index (κ3) is 6.22. The van der Waals surface area contributed by atoms with Crippen LogP contribution in [0.25, 0.3) is 0 Å². The molecule has 0 bridgehead atoms. The van der Waals surface area contributed by atoms with Crippen LogP contribution < -0.4 is 10.6 Å². The molecule has 0 fully saturated rings. The van der Waals surface area contributed by atoms with Crippen LogP contribution in [0, 0.1) is 0 Å². The lowest BCUT2D eigenvalue weighted by Gasteiger charge is -2.10. The van der Waals surface area contributed by atoms with Gasteiger partial charge >= 0.3 is 0 Å². The molecule has 5 nitrogen and oxygen atoms in total. The second-order valence-electron chi connectivity index (χ2n) is 4.34. The van der Waals surface area contributed by atoms with Crippen molar-refractivity contribution >= 4 is 23.4 Å². The molecule has 1 aromatic rings. The Hall–Kier alpha value is -1.59. The fourth-order valence-corrected chi connectivity index (χ4v) is 1.47. The summed E-state index contributed by atoms with van der Waals surface area (Å²) < 4.78 is 0. The van der Waals surface area contributed by atoms with Crippen LogP contribution in [0.3, 0.4) is 0 Å². The number of nitrogens with one attached hydrogen (secondary N) is 2. The lowest BCUT2D eigenvalue weighted by molar-refractivity contribution is -0.120. The molecule has 2 N–H and O–H groups in total. The van der Waals surface area contributed by atoms with Crippen LogP contribution in [-0.2, 0) is 4.79 Å². The summed E-state index contributed by atoms with van der Waals surface area (Å²) in [5.41, 5.74) is 0.477. The highest BCUT2D eigenvalue weighted by Gasteiger charge is 2.07. The lowest BCUT2D eigenvalue weighted by Crippen LogP contribution is -2.39. The Bertz CT molecular complexity index is 432. The average Bonchev–Trinajstić information content (AvgIpc) is 2.36. The van der Waals surface area contributed by atoms with Crippen molar-refractivity contribution in [1.82, 2.24) is 15.5 Å². The van der Waals surface area contributed by atoms with Crippen LogP contribution in [0.1, 0.15) is 10.4 Å². The van der Waals surface area contributed by atoms with Crippen LogP contribution in [-0.4, -0.2) is 50.4 Å². The third-order valence-electron chi connectivity index (χ3n) is 2.40. The maximum absolute atomic E-state index is 11.7. The molecule has 0 spiro atoms. The molecule has 6 heteroatoms. The molecule has 0 saturated carbocycles. The van der Waals surface area contributed by atoms with Gasteiger partial charge in [-0.2, -0.15) is 0 Å². The van der Waals surface area contributed by atoms with Gasteiger partial charge in [0.25, 0.3) is 5.91 Å². The van der Waals surface area contributed by atoms with Crippen molar-refractivity contribution in [2.75, 3.05) is 33.7 Å². The molecular weight excluding hydrogens is 266 g/mol. The van der Waals surface area contributed by atoms with Gasteiger partial charge in [0, 0.05) is 23.7 Å². The molecule has 0 radical (unpaired) electrons. The minimum Gasteiger partial charge on any atom is -0.353 e. The zero-order chi connectivity index (χ0) is 14.3. The Morgan fingerprint density at radius 1 is 1.16 bits per heavy atom. The predicted octanol–water partition coefficient (Wildman–Crippen LogP) is 0.748. The van der Waals surface area contributed by atoms with Crippen molar-refractivity contribution in [3.05, 3.63) is 34.9 Å². The maximum Gasteiger partial charge on any atom is 0.251 e. The van der Waals surface area contributed by atoms with E-state index in [1.807, 2.05) is 19.0 Å². The number of hydrogen-bond acceptors (Lipinski definition) is 3. The fraction of sp³-hybridized carbons (Fsp3) is 0.385. The van der Waals surface area contributed by atoms with Crippen LogP contribution in [0.2, 0.25) is 5.02 Å². The minimum atomic E-state index is -0.292. The number of halogens is 1. The molecule has 1 rings (SSSR count). The van der Waals surface area contributed by atoms with E-state index in [0.717, 1.165) is 6.54 Å². The number of nitrogens with zero attached hydrogens (tertiary/aromatic N) is 1. The largest absolute Gasteiger partial charge is 0.353 e. The van der Waals surface area contributed by atoms with Gasteiger partial charge in [-0.1, -0.05) is 11.6 Å². The van der Waals surface area contributed by atoms with Crippen molar-refractivity contribution in [1.29, 1.82) is 0 Å². The van der Waals surface area contributed by atoms with Crippen molar-refractivity contribution < 1.29 is 9.59 Å². The summed E-state index contributed by atoms with van der Waals surface area (Å²) in [6.07, 6.45) is 0. The summed E-state index contributed by atoms with van der Waals surface area (Å²) in [5.74, 6) is -0.497. The van der Waals surface area contributed by atoms with E-state index < -0.39 is 0 Å². The molecule has 0 aromatic heterocycles. The van der Waals surface area contributed by atoms with Gasteiger partial charge in [0.2, 0.25) is 5.91 Å². The summed E-state index contributed by atoms with van der Waals surface area (Å²) >= 11 is 5.73. The summed E-state index contributed by atoms with van der Waals surface area (Å²) in [6, 6.07) is 6.49. The topological polar surface area (TPSA) is 61.4 Å². The lowest BCUT2D eigenvalue weighted by atomic mass is 10.2. The van der Waals surface area contributed by atoms with E-state index in [0.29, 0.717) is 17.1 Å². The summed E-state index contributed by atoms with van der Waals surface area (Å²) in [5, 5.41) is 5.83. The fourth-order valence-electron chi connectivity index (χ4n) is 1.35. The number of rotatable bonds is 6. The number of likely N-dealkylation sites (N-methyl/N-ethyl adjacent to an activating group) is 1. The predicted molar refractivity (Wildman–Crippen MR) is 75.3 cm³/mol. The molecule has 0 heterocycles. The number of carbonyl (C=O) groups is 2. The number of benzene rings is 1. The molecule has 0 aliphatic carbocycles. The molecule has 19 heavy (non-hydrogen) atoms. The quantitative estimate of drug-likeness (QED) is 0.810. The summed E-state index contributed by atoms with van der Waals surface area (Å²) in [6.45, 7) is 1.29. The van der Waals surface area contributed by atoms with Gasteiger partial charge < -0.3 is 15.5 Å². The second-order valence-corrected chi connectivity index (χ2v) is 4.78. The van der Waals surface area contributed by atoms with E-state index in [1.54, 1.807) is 24.3 Å².